The van der Waals surface area contributed by atoms with Gasteiger partial charge in [0, 0.05) is 58.7 Å². The largest absolute Gasteiger partial charge is 0.369 e. The summed E-state index contributed by atoms with van der Waals surface area (Å²) in [6, 6.07) is 10.2. The zero-order valence-electron chi connectivity index (χ0n) is 18.5. The zero-order chi connectivity index (χ0) is 20.8. The summed E-state index contributed by atoms with van der Waals surface area (Å²) in [6.45, 7) is 10.6. The number of carbonyl (C=O) groups is 1. The van der Waals surface area contributed by atoms with Crippen molar-refractivity contribution in [1.82, 2.24) is 14.8 Å². The minimum Gasteiger partial charge on any atom is -0.369 e. The van der Waals surface area contributed by atoms with E-state index in [1.54, 1.807) is 31.3 Å². The van der Waals surface area contributed by atoms with Crippen molar-refractivity contribution >= 4 is 29.8 Å². The Hall–Kier alpha value is -2.31. The molecule has 0 unspecified atom stereocenters. The molecule has 1 N–H and O–H groups in total. The summed E-state index contributed by atoms with van der Waals surface area (Å²) in [5.41, 5.74) is 4.75. The Morgan fingerprint density at radius 1 is 1.10 bits per heavy atom. The molecule has 6 nitrogen and oxygen atoms in total. The molecule has 3 rings (SSSR count). The number of pyridine rings is 1. The molecule has 2 heterocycles. The fourth-order valence-corrected chi connectivity index (χ4v) is 3.76. The Labute approximate surface area is 186 Å². The molecule has 0 aliphatic carbocycles. The highest BCUT2D eigenvalue weighted by Gasteiger charge is 2.18. The monoisotopic (exact) mass is 431 g/mol. The number of piperazine rings is 1. The Morgan fingerprint density at radius 2 is 1.83 bits per heavy atom. The summed E-state index contributed by atoms with van der Waals surface area (Å²) in [5.74, 6) is 0.647. The fraction of sp³-hybridized carbons (Fsp3) is 0.478. The number of rotatable bonds is 7. The Kier molecular flexibility index (Phi) is 8.93. The van der Waals surface area contributed by atoms with Gasteiger partial charge in [-0.25, -0.2) is 4.98 Å². The van der Waals surface area contributed by atoms with E-state index in [1.165, 1.54) is 16.8 Å². The highest BCUT2D eigenvalue weighted by Crippen LogP contribution is 2.23. The maximum absolute atomic E-state index is 12.3. The summed E-state index contributed by atoms with van der Waals surface area (Å²) in [7, 11) is 3.52. The topological polar surface area (TPSA) is 51.7 Å². The third-order valence-electron chi connectivity index (χ3n) is 5.68. The van der Waals surface area contributed by atoms with Gasteiger partial charge in [0.15, 0.2) is 0 Å². The van der Waals surface area contributed by atoms with E-state index in [1.807, 2.05) is 6.07 Å². The zero-order valence-corrected chi connectivity index (χ0v) is 19.3. The van der Waals surface area contributed by atoms with Gasteiger partial charge in [-0.2, -0.15) is 0 Å². The van der Waals surface area contributed by atoms with Crippen LogP contribution in [0.4, 0.5) is 11.5 Å². The number of aromatic nitrogens is 1. The predicted octanol–water partition coefficient (Wildman–Crippen LogP) is 3.45. The summed E-state index contributed by atoms with van der Waals surface area (Å²) in [5, 5.41) is 3.34. The first-order chi connectivity index (χ1) is 14.0. The van der Waals surface area contributed by atoms with Gasteiger partial charge in [-0.3, -0.25) is 9.69 Å². The molecule has 7 heteroatoms. The second-order valence-electron chi connectivity index (χ2n) is 7.93. The molecule has 0 saturated carbocycles. The van der Waals surface area contributed by atoms with Crippen molar-refractivity contribution in [3.63, 3.8) is 0 Å². The molecule has 0 atom stereocenters. The molecule has 1 amide bonds. The molecule has 1 aromatic carbocycles. The summed E-state index contributed by atoms with van der Waals surface area (Å²) in [6.07, 6.45) is 2.75. The lowest BCUT2D eigenvalue weighted by Crippen LogP contribution is -2.47. The summed E-state index contributed by atoms with van der Waals surface area (Å²) >= 11 is 0. The van der Waals surface area contributed by atoms with Crippen LogP contribution in [0.3, 0.4) is 0 Å². The first kappa shape index (κ1) is 24.0. The van der Waals surface area contributed by atoms with Crippen molar-refractivity contribution in [2.45, 2.75) is 20.3 Å². The van der Waals surface area contributed by atoms with Gasteiger partial charge in [-0.15, -0.1) is 12.4 Å². The number of carbonyl (C=O) groups excluding carboxylic acids is 1. The van der Waals surface area contributed by atoms with Crippen LogP contribution >= 0.6 is 12.4 Å². The SMILES string of the molecule is Cc1cccc(N2CCN(CCCNc3ncccc3C(=O)N(C)C)CC2)c1C.Cl. The van der Waals surface area contributed by atoms with Gasteiger partial charge in [-0.05, 0) is 56.1 Å². The van der Waals surface area contributed by atoms with E-state index < -0.39 is 0 Å². The van der Waals surface area contributed by atoms with E-state index in [0.29, 0.717) is 11.4 Å². The van der Waals surface area contributed by atoms with E-state index in [-0.39, 0.29) is 18.3 Å². The van der Waals surface area contributed by atoms with Gasteiger partial charge >= 0.3 is 0 Å². The van der Waals surface area contributed by atoms with Crippen LogP contribution in [-0.2, 0) is 0 Å². The lowest BCUT2D eigenvalue weighted by Gasteiger charge is -2.37. The number of hydrogen-bond donors (Lipinski definition) is 1. The van der Waals surface area contributed by atoms with Crippen LogP contribution < -0.4 is 10.2 Å². The molecule has 1 saturated heterocycles. The lowest BCUT2D eigenvalue weighted by molar-refractivity contribution is 0.0828. The Bertz CT molecular complexity index is 834. The molecule has 164 valence electrons. The average molecular weight is 432 g/mol. The third-order valence-corrected chi connectivity index (χ3v) is 5.68. The molecule has 1 aliphatic rings. The Balaban J connectivity index is 0.00000320. The van der Waals surface area contributed by atoms with Crippen molar-refractivity contribution in [1.29, 1.82) is 0 Å². The lowest BCUT2D eigenvalue weighted by atomic mass is 10.1. The predicted molar refractivity (Wildman–Crippen MR) is 127 cm³/mol. The molecule has 30 heavy (non-hydrogen) atoms. The van der Waals surface area contributed by atoms with Gasteiger partial charge in [0.1, 0.15) is 5.82 Å². The standard InChI is InChI=1S/C23H33N5O.ClH/c1-18-8-5-10-21(19(18)2)28-16-14-27(15-17-28)13-7-12-25-22-20(9-6-11-24-22)23(29)26(3)4;/h5-6,8-11H,7,12-17H2,1-4H3,(H,24,25);1H. The minimum atomic E-state index is -0.0248. The minimum absolute atomic E-state index is 0. The number of aryl methyl sites for hydroxylation is 1. The van der Waals surface area contributed by atoms with Gasteiger partial charge in [0.2, 0.25) is 0 Å². The van der Waals surface area contributed by atoms with Crippen LogP contribution in [0.2, 0.25) is 0 Å². The van der Waals surface area contributed by atoms with E-state index in [0.717, 1.165) is 45.7 Å². The summed E-state index contributed by atoms with van der Waals surface area (Å²) in [4.78, 5) is 23.2. The number of nitrogens with zero attached hydrogens (tertiary/aromatic N) is 4. The molecule has 1 aliphatic heterocycles. The van der Waals surface area contributed by atoms with Crippen molar-refractivity contribution in [3.8, 4) is 0 Å². The van der Waals surface area contributed by atoms with Crippen LogP contribution in [-0.4, -0.2) is 74.1 Å². The second-order valence-corrected chi connectivity index (χ2v) is 7.93. The second kappa shape index (κ2) is 11.2. The van der Waals surface area contributed by atoms with Crippen molar-refractivity contribution in [3.05, 3.63) is 53.2 Å². The number of anilines is 2. The quantitative estimate of drug-likeness (QED) is 0.680. The molecule has 2 aromatic rings. The van der Waals surface area contributed by atoms with Gasteiger partial charge < -0.3 is 15.1 Å². The summed E-state index contributed by atoms with van der Waals surface area (Å²) < 4.78 is 0. The van der Waals surface area contributed by atoms with E-state index in [4.69, 9.17) is 0 Å². The Morgan fingerprint density at radius 3 is 2.53 bits per heavy atom. The molecular weight excluding hydrogens is 398 g/mol. The smallest absolute Gasteiger partial charge is 0.257 e. The van der Waals surface area contributed by atoms with E-state index >= 15 is 0 Å². The molecule has 0 radical (unpaired) electrons. The van der Waals surface area contributed by atoms with Crippen LogP contribution in [0.15, 0.2) is 36.5 Å². The maximum atomic E-state index is 12.3. The fourth-order valence-electron chi connectivity index (χ4n) is 3.76. The van der Waals surface area contributed by atoms with Gasteiger partial charge in [0.05, 0.1) is 5.56 Å². The number of amides is 1. The molecule has 0 spiro atoms. The van der Waals surface area contributed by atoms with Crippen LogP contribution in [0, 0.1) is 13.8 Å². The van der Waals surface area contributed by atoms with E-state index in [9.17, 15) is 4.79 Å². The number of nitrogens with one attached hydrogen (secondary N) is 1. The van der Waals surface area contributed by atoms with Crippen LogP contribution in [0.1, 0.15) is 27.9 Å². The van der Waals surface area contributed by atoms with Crippen LogP contribution in [0.5, 0.6) is 0 Å². The number of halogens is 1. The molecule has 1 aromatic heterocycles. The van der Waals surface area contributed by atoms with Crippen molar-refractivity contribution in [2.24, 2.45) is 0 Å². The number of hydrogen-bond acceptors (Lipinski definition) is 5. The van der Waals surface area contributed by atoms with Crippen molar-refractivity contribution in [2.75, 3.05) is 63.6 Å². The highest BCUT2D eigenvalue weighted by molar-refractivity contribution is 5.98. The molecular formula is C23H34ClN5O. The first-order valence-electron chi connectivity index (χ1n) is 10.4. The number of benzene rings is 1. The maximum Gasteiger partial charge on any atom is 0.257 e. The highest BCUT2D eigenvalue weighted by atomic mass is 35.5. The van der Waals surface area contributed by atoms with Crippen molar-refractivity contribution < 1.29 is 4.79 Å². The normalized spacial score (nSPS) is 14.2. The van der Waals surface area contributed by atoms with Gasteiger partial charge in [-0.1, -0.05) is 12.1 Å². The van der Waals surface area contributed by atoms with Crippen LogP contribution in [0.25, 0.3) is 0 Å². The first-order valence-corrected chi connectivity index (χ1v) is 10.4. The van der Waals surface area contributed by atoms with Gasteiger partial charge in [0.25, 0.3) is 5.91 Å². The average Bonchev–Trinajstić information content (AvgIpc) is 2.73. The molecule has 0 bridgehead atoms. The molecule has 1 fully saturated rings. The third kappa shape index (κ3) is 5.86. The van der Waals surface area contributed by atoms with E-state index in [2.05, 4.69) is 52.1 Å².